The Kier molecular flexibility index (Phi) is 4.21. The van der Waals surface area contributed by atoms with Crippen molar-refractivity contribution < 1.29 is 13.2 Å². The monoisotopic (exact) mass is 337 g/mol. The molecule has 0 spiro atoms. The molecule has 1 N–H and O–H groups in total. The Bertz CT molecular complexity index is 807. The van der Waals surface area contributed by atoms with Crippen LogP contribution in [0.1, 0.15) is 33.8 Å². The Morgan fingerprint density at radius 2 is 1.92 bits per heavy atom. The van der Waals surface area contributed by atoms with Crippen LogP contribution in [-0.4, -0.2) is 21.4 Å². The molecule has 0 saturated carbocycles. The Balaban J connectivity index is 1.86. The molecule has 2 aromatic rings. The number of hydrogen-bond acceptors (Lipinski definition) is 3. The lowest BCUT2D eigenvalue weighted by molar-refractivity contribution is -0.145. The summed E-state index contributed by atoms with van der Waals surface area (Å²) >= 11 is 0. The van der Waals surface area contributed by atoms with Crippen LogP contribution in [0.15, 0.2) is 23.0 Å². The topological polar surface area (TPSA) is 49.0 Å². The first-order valence-electron chi connectivity index (χ1n) is 7.72. The molecule has 0 bridgehead atoms. The van der Waals surface area contributed by atoms with Gasteiger partial charge >= 0.3 is 6.18 Å². The first kappa shape index (κ1) is 16.7. The molecule has 1 aliphatic heterocycles. The van der Waals surface area contributed by atoms with E-state index in [0.29, 0.717) is 31.6 Å². The molecule has 2 heterocycles. The molecule has 4 nitrogen and oxygen atoms in total. The average molecular weight is 337 g/mol. The van der Waals surface area contributed by atoms with Gasteiger partial charge in [0.1, 0.15) is 0 Å². The minimum absolute atomic E-state index is 0.254. The SMILES string of the molecule is Cc1cccc(C)c1CN1CCc2nc(C(F)(F)F)[nH]c(=O)c2C1. The molecule has 128 valence electrons. The van der Waals surface area contributed by atoms with E-state index < -0.39 is 17.6 Å². The van der Waals surface area contributed by atoms with Crippen LogP contribution in [0.5, 0.6) is 0 Å². The van der Waals surface area contributed by atoms with Gasteiger partial charge in [0, 0.05) is 26.1 Å². The highest BCUT2D eigenvalue weighted by Crippen LogP contribution is 2.27. The summed E-state index contributed by atoms with van der Waals surface area (Å²) in [5.74, 6) is -1.21. The number of benzene rings is 1. The Morgan fingerprint density at radius 3 is 2.54 bits per heavy atom. The number of rotatable bonds is 2. The van der Waals surface area contributed by atoms with Crippen LogP contribution in [0.3, 0.4) is 0 Å². The number of hydrogen-bond donors (Lipinski definition) is 1. The molecule has 1 aromatic heterocycles. The maximum atomic E-state index is 12.7. The fraction of sp³-hybridized carbons (Fsp3) is 0.412. The number of nitrogens with one attached hydrogen (secondary N) is 1. The number of aromatic nitrogens is 2. The lowest BCUT2D eigenvalue weighted by Crippen LogP contribution is -2.36. The first-order chi connectivity index (χ1) is 11.3. The van der Waals surface area contributed by atoms with Crippen molar-refractivity contribution in [2.45, 2.75) is 39.5 Å². The second-order valence-corrected chi connectivity index (χ2v) is 6.17. The van der Waals surface area contributed by atoms with Crippen LogP contribution in [0.25, 0.3) is 0 Å². The number of nitrogens with zero attached hydrogens (tertiary/aromatic N) is 2. The number of fused-ring (bicyclic) bond motifs is 1. The largest absolute Gasteiger partial charge is 0.449 e. The van der Waals surface area contributed by atoms with Crippen LogP contribution in [0.4, 0.5) is 13.2 Å². The van der Waals surface area contributed by atoms with Gasteiger partial charge in [-0.05, 0) is 30.5 Å². The summed E-state index contributed by atoms with van der Waals surface area (Å²) in [5, 5.41) is 0. The van der Waals surface area contributed by atoms with Gasteiger partial charge in [0.15, 0.2) is 0 Å². The molecule has 1 aliphatic rings. The van der Waals surface area contributed by atoms with Crippen molar-refractivity contribution in [1.29, 1.82) is 0 Å². The molecule has 7 heteroatoms. The van der Waals surface area contributed by atoms with E-state index in [1.54, 1.807) is 0 Å². The van der Waals surface area contributed by atoms with Crippen LogP contribution < -0.4 is 5.56 Å². The summed E-state index contributed by atoms with van der Waals surface area (Å²) in [7, 11) is 0. The zero-order valence-corrected chi connectivity index (χ0v) is 13.5. The summed E-state index contributed by atoms with van der Waals surface area (Å²) in [6.45, 7) is 5.62. The fourth-order valence-corrected chi connectivity index (χ4v) is 3.07. The van der Waals surface area contributed by atoms with Crippen molar-refractivity contribution in [3.05, 3.63) is 62.3 Å². The van der Waals surface area contributed by atoms with E-state index in [9.17, 15) is 18.0 Å². The molecule has 0 aliphatic carbocycles. The Morgan fingerprint density at radius 1 is 1.25 bits per heavy atom. The lowest BCUT2D eigenvalue weighted by Gasteiger charge is -2.29. The van der Waals surface area contributed by atoms with Crippen LogP contribution >= 0.6 is 0 Å². The standard InChI is InChI=1S/C17H18F3N3O/c1-10-4-3-5-11(2)12(10)8-23-7-6-14-13(9-23)15(24)22-16(21-14)17(18,19)20/h3-5H,6-9H2,1-2H3,(H,21,22,24). The van der Waals surface area contributed by atoms with Gasteiger partial charge < -0.3 is 4.98 Å². The highest BCUT2D eigenvalue weighted by molar-refractivity contribution is 5.33. The van der Waals surface area contributed by atoms with E-state index in [1.807, 2.05) is 37.0 Å². The molecular weight excluding hydrogens is 319 g/mol. The fourth-order valence-electron chi connectivity index (χ4n) is 3.07. The summed E-state index contributed by atoms with van der Waals surface area (Å²) in [4.78, 5) is 19.6. The predicted molar refractivity (Wildman–Crippen MR) is 83.6 cm³/mol. The van der Waals surface area contributed by atoms with Gasteiger partial charge in [0.05, 0.1) is 11.3 Å². The van der Waals surface area contributed by atoms with Gasteiger partial charge in [-0.1, -0.05) is 18.2 Å². The zero-order valence-electron chi connectivity index (χ0n) is 13.5. The Labute approximate surface area is 137 Å². The minimum Gasteiger partial charge on any atom is -0.303 e. The quantitative estimate of drug-likeness (QED) is 0.917. The lowest BCUT2D eigenvalue weighted by atomic mass is 10.0. The average Bonchev–Trinajstić information content (AvgIpc) is 2.50. The molecule has 0 amide bonds. The number of aromatic amines is 1. The molecular formula is C17H18F3N3O. The number of H-pyrrole nitrogens is 1. The third-order valence-electron chi connectivity index (χ3n) is 4.44. The first-order valence-corrected chi connectivity index (χ1v) is 7.72. The van der Waals surface area contributed by atoms with E-state index in [4.69, 9.17) is 0 Å². The van der Waals surface area contributed by atoms with E-state index in [0.717, 1.165) is 0 Å². The second-order valence-electron chi connectivity index (χ2n) is 6.17. The molecule has 0 atom stereocenters. The van der Waals surface area contributed by atoms with Gasteiger partial charge in [-0.3, -0.25) is 9.69 Å². The van der Waals surface area contributed by atoms with E-state index in [2.05, 4.69) is 9.88 Å². The molecule has 0 unspecified atom stereocenters. The van der Waals surface area contributed by atoms with Crippen molar-refractivity contribution in [2.24, 2.45) is 0 Å². The number of alkyl halides is 3. The van der Waals surface area contributed by atoms with E-state index >= 15 is 0 Å². The third kappa shape index (κ3) is 3.21. The smallest absolute Gasteiger partial charge is 0.303 e. The van der Waals surface area contributed by atoms with Gasteiger partial charge in [-0.15, -0.1) is 0 Å². The molecule has 24 heavy (non-hydrogen) atoms. The maximum absolute atomic E-state index is 12.7. The molecule has 1 aromatic carbocycles. The third-order valence-corrected chi connectivity index (χ3v) is 4.44. The predicted octanol–water partition coefficient (Wildman–Crippen LogP) is 2.96. The summed E-state index contributed by atoms with van der Waals surface area (Å²) in [5.41, 5.74) is 3.42. The zero-order chi connectivity index (χ0) is 17.5. The number of aryl methyl sites for hydroxylation is 2. The van der Waals surface area contributed by atoms with Crippen LogP contribution in [0, 0.1) is 13.8 Å². The highest BCUT2D eigenvalue weighted by atomic mass is 19.4. The summed E-state index contributed by atoms with van der Waals surface area (Å²) < 4.78 is 38.2. The molecule has 0 radical (unpaired) electrons. The van der Waals surface area contributed by atoms with Gasteiger partial charge in [0.25, 0.3) is 5.56 Å². The van der Waals surface area contributed by atoms with Gasteiger partial charge in [0.2, 0.25) is 5.82 Å². The van der Waals surface area contributed by atoms with E-state index in [-0.39, 0.29) is 5.69 Å². The summed E-state index contributed by atoms with van der Waals surface area (Å²) in [6, 6.07) is 6.06. The molecule has 3 rings (SSSR count). The summed E-state index contributed by atoms with van der Waals surface area (Å²) in [6.07, 6.45) is -4.29. The second kappa shape index (κ2) is 6.05. The van der Waals surface area contributed by atoms with Crippen molar-refractivity contribution in [2.75, 3.05) is 6.54 Å². The van der Waals surface area contributed by atoms with Gasteiger partial charge in [-0.25, -0.2) is 4.98 Å². The van der Waals surface area contributed by atoms with Crippen molar-refractivity contribution in [3.8, 4) is 0 Å². The molecule has 0 fully saturated rings. The van der Waals surface area contributed by atoms with Crippen molar-refractivity contribution in [3.63, 3.8) is 0 Å². The van der Waals surface area contributed by atoms with Gasteiger partial charge in [-0.2, -0.15) is 13.2 Å². The maximum Gasteiger partial charge on any atom is 0.449 e. The molecule has 0 saturated heterocycles. The highest BCUT2D eigenvalue weighted by Gasteiger charge is 2.35. The minimum atomic E-state index is -4.64. The van der Waals surface area contributed by atoms with Crippen molar-refractivity contribution >= 4 is 0 Å². The van der Waals surface area contributed by atoms with Crippen LogP contribution in [-0.2, 0) is 25.7 Å². The van der Waals surface area contributed by atoms with Crippen LogP contribution in [0.2, 0.25) is 0 Å². The number of halogens is 3. The van der Waals surface area contributed by atoms with E-state index in [1.165, 1.54) is 16.7 Å². The van der Waals surface area contributed by atoms with Crippen molar-refractivity contribution in [1.82, 2.24) is 14.9 Å². The normalized spacial score (nSPS) is 15.4. The Hall–Kier alpha value is -2.15.